The van der Waals surface area contributed by atoms with Crippen LogP contribution in [0.3, 0.4) is 0 Å². The van der Waals surface area contributed by atoms with Crippen molar-refractivity contribution in [3.05, 3.63) is 11.6 Å². The van der Waals surface area contributed by atoms with Crippen LogP contribution in [0.5, 0.6) is 0 Å². The molecule has 0 bridgehead atoms. The summed E-state index contributed by atoms with van der Waals surface area (Å²) in [6.45, 7) is 8.28. The summed E-state index contributed by atoms with van der Waals surface area (Å²) in [5.74, 6) is -1.08. The summed E-state index contributed by atoms with van der Waals surface area (Å²) in [5, 5.41) is 22.4. The Morgan fingerprint density at radius 2 is 1.60 bits per heavy atom. The molecule has 0 aromatic heterocycles. The molecule has 0 saturated carbocycles. The van der Waals surface area contributed by atoms with E-state index in [1.54, 1.807) is 0 Å². The molecule has 16 heteroatoms. The van der Waals surface area contributed by atoms with Crippen molar-refractivity contribution in [2.75, 3.05) is 13.2 Å². The molecule has 1 amide bonds. The van der Waals surface area contributed by atoms with E-state index in [0.29, 0.717) is 6.42 Å². The standard InChI is InChI=1S/C22H41NO13P2.4CH4/c1-13(2)8-7-9-14(3)10-11-32-37(28,29)36-38(30,31)35-22-19(23-17(6)26)21(33-16(5)15(4)25)20(27)18(12-24)34-22;;;;/h8,14,16,18-22,24,27H,7,9-12H2,1-6H3,(H,23,26)(H,28,29)(H,30,31);4*1H4/p-2. The maximum atomic E-state index is 12.5. The van der Waals surface area contributed by atoms with Crippen LogP contribution in [0.1, 0.15) is 90.5 Å². The van der Waals surface area contributed by atoms with Crippen molar-refractivity contribution in [2.45, 2.75) is 127 Å². The second-order valence-electron chi connectivity index (χ2n) is 9.46. The monoisotopic (exact) mass is 651 g/mol. The van der Waals surface area contributed by atoms with Gasteiger partial charge < -0.3 is 39.3 Å². The highest BCUT2D eigenvalue weighted by Crippen LogP contribution is 2.56. The molecule has 1 rings (SSSR count). The van der Waals surface area contributed by atoms with Gasteiger partial charge in [-0.05, 0) is 52.9 Å². The first-order valence-electron chi connectivity index (χ1n) is 12.1. The van der Waals surface area contributed by atoms with Crippen LogP contribution in [0, 0.1) is 5.92 Å². The van der Waals surface area contributed by atoms with Gasteiger partial charge in [0.2, 0.25) is 5.91 Å². The highest BCUT2D eigenvalue weighted by Gasteiger charge is 2.49. The number of ketones is 1. The van der Waals surface area contributed by atoms with Gasteiger partial charge in [-0.15, -0.1) is 0 Å². The fraction of sp³-hybridized carbons (Fsp3) is 0.846. The van der Waals surface area contributed by atoms with Crippen molar-refractivity contribution in [1.82, 2.24) is 5.32 Å². The van der Waals surface area contributed by atoms with Gasteiger partial charge in [0.25, 0.3) is 15.6 Å². The van der Waals surface area contributed by atoms with Gasteiger partial charge in [-0.1, -0.05) is 48.3 Å². The molecule has 14 nitrogen and oxygen atoms in total. The van der Waals surface area contributed by atoms with Gasteiger partial charge in [0.05, 0.1) is 13.2 Å². The minimum atomic E-state index is -5.71. The summed E-state index contributed by atoms with van der Waals surface area (Å²) < 4.78 is 49.0. The van der Waals surface area contributed by atoms with Gasteiger partial charge in [0, 0.05) is 6.92 Å². The number of hydrogen-bond acceptors (Lipinski definition) is 13. The van der Waals surface area contributed by atoms with Crippen LogP contribution in [0.15, 0.2) is 11.6 Å². The van der Waals surface area contributed by atoms with Gasteiger partial charge in [-0.3, -0.25) is 23.2 Å². The first-order valence-corrected chi connectivity index (χ1v) is 15.1. The lowest BCUT2D eigenvalue weighted by Gasteiger charge is -2.46. The average Bonchev–Trinajstić information content (AvgIpc) is 2.76. The van der Waals surface area contributed by atoms with Crippen LogP contribution in [-0.2, 0) is 41.6 Å². The molecule has 1 aliphatic heterocycles. The zero-order chi connectivity index (χ0) is 29.3. The van der Waals surface area contributed by atoms with Crippen LogP contribution in [0.2, 0.25) is 0 Å². The lowest BCUT2D eigenvalue weighted by Crippen LogP contribution is -2.66. The smallest absolute Gasteiger partial charge is 0.276 e. The normalized spacial score (nSPS) is 25.7. The number of amides is 1. The number of aliphatic hydroxyl groups excluding tert-OH is 2. The van der Waals surface area contributed by atoms with Crippen molar-refractivity contribution in [3.8, 4) is 0 Å². The Kier molecular flexibility index (Phi) is 24.7. The Hall–Kier alpha value is -1.02. The van der Waals surface area contributed by atoms with Crippen LogP contribution < -0.4 is 15.1 Å². The van der Waals surface area contributed by atoms with Crippen LogP contribution >= 0.6 is 15.6 Å². The van der Waals surface area contributed by atoms with Crippen molar-refractivity contribution < 1.29 is 61.6 Å². The van der Waals surface area contributed by atoms with E-state index in [1.807, 2.05) is 26.8 Å². The molecule has 0 aromatic carbocycles. The minimum absolute atomic E-state index is 0. The third kappa shape index (κ3) is 17.3. The maximum absolute atomic E-state index is 12.5. The molecule has 1 heterocycles. The molecule has 1 aliphatic rings. The largest absolute Gasteiger partial charge is 0.756 e. The Bertz CT molecular complexity index is 913. The number of ether oxygens (including phenoxy) is 2. The van der Waals surface area contributed by atoms with Gasteiger partial charge in [-0.2, -0.15) is 0 Å². The molecule has 9 unspecified atom stereocenters. The number of phosphoric ester groups is 2. The summed E-state index contributed by atoms with van der Waals surface area (Å²) in [5.41, 5.74) is 1.16. The Morgan fingerprint density at radius 1 is 1.02 bits per heavy atom. The SMILES string of the molecule is C.C.C.C.CC(=O)NC1C(OP(=O)([O-])OP(=O)([O-])OCCC(C)CCC=C(C)C)OC(CO)C(O)C1OC(C)C(C)=O. The molecule has 1 fully saturated rings. The third-order valence-electron chi connectivity index (χ3n) is 5.66. The second-order valence-corrected chi connectivity index (χ2v) is 12.4. The van der Waals surface area contributed by atoms with Crippen molar-refractivity contribution in [2.24, 2.45) is 5.92 Å². The third-order valence-corrected chi connectivity index (χ3v) is 8.23. The summed E-state index contributed by atoms with van der Waals surface area (Å²) in [6.07, 6.45) is -3.75. The fourth-order valence-corrected chi connectivity index (χ4v) is 5.58. The molecule has 0 radical (unpaired) electrons. The minimum Gasteiger partial charge on any atom is -0.756 e. The molecule has 9 atom stereocenters. The van der Waals surface area contributed by atoms with Gasteiger partial charge in [-0.25, -0.2) is 4.31 Å². The average molecular weight is 652 g/mol. The van der Waals surface area contributed by atoms with Crippen LogP contribution in [-0.4, -0.2) is 71.9 Å². The number of carbonyl (C=O) groups is 2. The number of rotatable bonds is 16. The number of phosphoric acid groups is 2. The predicted octanol–water partition coefficient (Wildman–Crippen LogP) is 3.24. The molecule has 0 aliphatic carbocycles. The molecule has 254 valence electrons. The van der Waals surface area contributed by atoms with E-state index in [4.69, 9.17) is 14.0 Å². The molecule has 0 spiro atoms. The molecule has 0 aromatic rings. The Labute approximate surface area is 252 Å². The first-order chi connectivity index (χ1) is 17.5. The van der Waals surface area contributed by atoms with E-state index >= 15 is 0 Å². The van der Waals surface area contributed by atoms with Crippen LogP contribution in [0.25, 0.3) is 0 Å². The summed E-state index contributed by atoms with van der Waals surface area (Å²) >= 11 is 0. The molecular formula is C26H55NO13P2-2. The zero-order valence-electron chi connectivity index (χ0n) is 22.4. The van der Waals surface area contributed by atoms with E-state index in [-0.39, 0.29) is 42.2 Å². The van der Waals surface area contributed by atoms with Gasteiger partial charge in [0.15, 0.2) is 12.1 Å². The summed E-state index contributed by atoms with van der Waals surface area (Å²) in [4.78, 5) is 48.1. The lowest BCUT2D eigenvalue weighted by atomic mass is 9.96. The highest BCUT2D eigenvalue weighted by atomic mass is 31.3. The second kappa shape index (κ2) is 21.6. The number of nitrogens with one attached hydrogen (secondary N) is 1. The molecular weight excluding hydrogens is 596 g/mol. The van der Waals surface area contributed by atoms with E-state index in [2.05, 4.69) is 14.2 Å². The van der Waals surface area contributed by atoms with Gasteiger partial charge in [0.1, 0.15) is 30.5 Å². The zero-order valence-corrected chi connectivity index (χ0v) is 24.2. The fourth-order valence-electron chi connectivity index (χ4n) is 3.50. The van der Waals surface area contributed by atoms with E-state index < -0.39 is 70.7 Å². The Morgan fingerprint density at radius 3 is 2.07 bits per heavy atom. The van der Waals surface area contributed by atoms with E-state index in [0.717, 1.165) is 25.3 Å². The number of allylic oxidation sites excluding steroid dienone is 2. The predicted molar refractivity (Wildman–Crippen MR) is 157 cm³/mol. The van der Waals surface area contributed by atoms with E-state index in [1.165, 1.54) is 13.8 Å². The molecule has 42 heavy (non-hydrogen) atoms. The Balaban J connectivity index is -0.00000180. The quantitative estimate of drug-likeness (QED) is 0.162. The number of aliphatic hydroxyl groups is 2. The lowest BCUT2D eigenvalue weighted by molar-refractivity contribution is -0.290. The number of Topliss-reactive ketones (excluding diaryl/α,β-unsaturated/α-hetero) is 1. The topological polar surface area (TPSA) is 213 Å². The maximum Gasteiger partial charge on any atom is 0.276 e. The first kappa shape index (κ1) is 47.9. The molecule has 3 N–H and O–H groups in total. The van der Waals surface area contributed by atoms with Crippen LogP contribution in [0.4, 0.5) is 0 Å². The van der Waals surface area contributed by atoms with Crippen molar-refractivity contribution in [3.63, 3.8) is 0 Å². The summed E-state index contributed by atoms with van der Waals surface area (Å²) in [6, 6.07) is -1.55. The molecule has 1 saturated heterocycles. The van der Waals surface area contributed by atoms with Crippen molar-refractivity contribution >= 4 is 27.3 Å². The summed E-state index contributed by atoms with van der Waals surface area (Å²) in [7, 11) is -11.1. The van der Waals surface area contributed by atoms with E-state index in [9.17, 15) is 38.7 Å². The number of hydrogen-bond donors (Lipinski definition) is 3. The highest BCUT2D eigenvalue weighted by molar-refractivity contribution is 7.59. The number of carbonyl (C=O) groups excluding carboxylic acids is 2. The van der Waals surface area contributed by atoms with Gasteiger partial charge >= 0.3 is 0 Å². The van der Waals surface area contributed by atoms with Crippen molar-refractivity contribution in [1.29, 1.82) is 0 Å².